The zero-order valence-corrected chi connectivity index (χ0v) is 19.7. The number of rotatable bonds is 11. The third-order valence-electron chi connectivity index (χ3n) is 5.04. The van der Waals surface area contributed by atoms with Crippen molar-refractivity contribution in [1.29, 1.82) is 0 Å². The summed E-state index contributed by atoms with van der Waals surface area (Å²) in [5, 5.41) is 5.66. The minimum atomic E-state index is -0.370. The first-order valence-electron chi connectivity index (χ1n) is 10.7. The van der Waals surface area contributed by atoms with Crippen LogP contribution in [0.2, 0.25) is 0 Å². The molecule has 11 heteroatoms. The van der Waals surface area contributed by atoms with Gasteiger partial charge in [-0.1, -0.05) is 0 Å². The maximum Gasteiger partial charge on any atom is 0.261 e. The van der Waals surface area contributed by atoms with Gasteiger partial charge in [-0.2, -0.15) is 0 Å². The van der Waals surface area contributed by atoms with Crippen LogP contribution in [-0.2, 0) is 16.1 Å². The van der Waals surface area contributed by atoms with Gasteiger partial charge in [0.25, 0.3) is 5.91 Å². The number of hydrogen-bond donors (Lipinski definition) is 2. The topological polar surface area (TPSA) is 114 Å². The molecule has 176 valence electrons. The Kier molecular flexibility index (Phi) is 8.56. The Morgan fingerprint density at radius 3 is 2.52 bits per heavy atom. The van der Waals surface area contributed by atoms with Crippen LogP contribution >= 0.6 is 11.6 Å². The van der Waals surface area contributed by atoms with Crippen LogP contribution in [0.5, 0.6) is 0 Å². The first-order chi connectivity index (χ1) is 16.0. The number of nitrogens with zero attached hydrogens (tertiary/aromatic N) is 5. The summed E-state index contributed by atoms with van der Waals surface area (Å²) in [4.78, 5) is 39.9. The molecule has 33 heavy (non-hydrogen) atoms. The van der Waals surface area contributed by atoms with Crippen LogP contribution in [0.4, 0.5) is 17.6 Å². The number of carbonyl (C=O) groups is 2. The molecular weight excluding hydrogens is 446 g/mol. The Morgan fingerprint density at radius 2 is 1.88 bits per heavy atom. The predicted octanol–water partition coefficient (Wildman–Crippen LogP) is 3.14. The summed E-state index contributed by atoms with van der Waals surface area (Å²) in [5.74, 6) is 0.645. The van der Waals surface area contributed by atoms with Crippen molar-refractivity contribution in [1.82, 2.24) is 19.5 Å². The van der Waals surface area contributed by atoms with Gasteiger partial charge in [0.2, 0.25) is 17.8 Å². The molecular formula is C22H28ClN7O3. The fourth-order valence-corrected chi connectivity index (χ4v) is 3.47. The van der Waals surface area contributed by atoms with Gasteiger partial charge in [0.1, 0.15) is 0 Å². The molecule has 3 aromatic rings. The van der Waals surface area contributed by atoms with E-state index in [4.69, 9.17) is 16.3 Å². The number of nitrogens with one attached hydrogen (secondary N) is 2. The molecule has 2 heterocycles. The summed E-state index contributed by atoms with van der Waals surface area (Å²) in [6.07, 6.45) is 3.23. The van der Waals surface area contributed by atoms with Crippen molar-refractivity contribution in [3.05, 3.63) is 36.2 Å². The fourth-order valence-electron chi connectivity index (χ4n) is 3.30. The van der Waals surface area contributed by atoms with Crippen molar-refractivity contribution in [2.45, 2.75) is 26.8 Å². The number of alkyl halides is 1. The number of anilines is 3. The maximum atomic E-state index is 12.9. The van der Waals surface area contributed by atoms with Crippen LogP contribution in [-0.4, -0.2) is 64.0 Å². The molecule has 2 N–H and O–H groups in total. The number of fused-ring (bicyclic) bond motifs is 1. The molecule has 0 radical (unpaired) electrons. The standard InChI is InChI=1S/C22H28ClN7O3/c1-4-29(5-2)21-24-13-15(14-25-21)20(32)28-22-27-17-7-6-16(26-19(31)8-9-23)12-18(17)30(22)10-11-33-3/h6-7,12-14H,4-5,8-11H2,1-3H3,(H,26,31)(H,27,28,32). The maximum absolute atomic E-state index is 12.9. The van der Waals surface area contributed by atoms with Crippen molar-refractivity contribution in [3.63, 3.8) is 0 Å². The largest absolute Gasteiger partial charge is 0.383 e. The number of methoxy groups -OCH3 is 1. The first-order valence-corrected chi connectivity index (χ1v) is 11.3. The van der Waals surface area contributed by atoms with E-state index in [1.54, 1.807) is 19.2 Å². The van der Waals surface area contributed by atoms with Crippen molar-refractivity contribution >= 4 is 52.0 Å². The highest BCUT2D eigenvalue weighted by Gasteiger charge is 2.17. The lowest BCUT2D eigenvalue weighted by Crippen LogP contribution is -2.24. The van der Waals surface area contributed by atoms with E-state index in [2.05, 4.69) is 25.6 Å². The van der Waals surface area contributed by atoms with Crippen LogP contribution in [0, 0.1) is 0 Å². The highest BCUT2D eigenvalue weighted by Crippen LogP contribution is 2.24. The zero-order chi connectivity index (χ0) is 23.8. The Morgan fingerprint density at radius 1 is 1.15 bits per heavy atom. The van der Waals surface area contributed by atoms with Gasteiger partial charge in [0, 0.05) is 57.1 Å². The van der Waals surface area contributed by atoms with Gasteiger partial charge in [0.05, 0.1) is 23.2 Å². The van der Waals surface area contributed by atoms with E-state index in [1.165, 1.54) is 12.4 Å². The minimum Gasteiger partial charge on any atom is -0.383 e. The smallest absolute Gasteiger partial charge is 0.261 e. The Hall–Kier alpha value is -3.24. The zero-order valence-electron chi connectivity index (χ0n) is 19.0. The van der Waals surface area contributed by atoms with Crippen LogP contribution in [0.3, 0.4) is 0 Å². The lowest BCUT2D eigenvalue weighted by Gasteiger charge is -2.18. The number of imidazole rings is 1. The van der Waals surface area contributed by atoms with Gasteiger partial charge in [0.15, 0.2) is 0 Å². The van der Waals surface area contributed by atoms with E-state index in [9.17, 15) is 9.59 Å². The second-order valence-corrected chi connectivity index (χ2v) is 7.55. The summed E-state index contributed by atoms with van der Waals surface area (Å²) in [7, 11) is 1.60. The van der Waals surface area contributed by atoms with Crippen LogP contribution in [0.15, 0.2) is 30.6 Å². The summed E-state index contributed by atoms with van der Waals surface area (Å²) >= 11 is 5.64. The number of carbonyl (C=O) groups excluding carboxylic acids is 2. The Bertz CT molecular complexity index is 1100. The quantitative estimate of drug-likeness (QED) is 0.411. The van der Waals surface area contributed by atoms with Crippen molar-refractivity contribution < 1.29 is 14.3 Å². The molecule has 0 aliphatic heterocycles. The molecule has 0 atom stereocenters. The van der Waals surface area contributed by atoms with Gasteiger partial charge in [-0.15, -0.1) is 11.6 Å². The third-order valence-corrected chi connectivity index (χ3v) is 5.23. The monoisotopic (exact) mass is 473 g/mol. The number of benzene rings is 1. The summed E-state index contributed by atoms with van der Waals surface area (Å²) < 4.78 is 7.05. The SMILES string of the molecule is CCN(CC)c1ncc(C(=O)Nc2nc3ccc(NC(=O)CCCl)cc3n2CCOC)cn1. The van der Waals surface area contributed by atoms with Crippen molar-refractivity contribution in [2.75, 3.05) is 48.2 Å². The average Bonchev–Trinajstić information content (AvgIpc) is 3.15. The lowest BCUT2D eigenvalue weighted by molar-refractivity contribution is -0.115. The highest BCUT2D eigenvalue weighted by molar-refractivity contribution is 6.19. The number of hydrogen-bond acceptors (Lipinski definition) is 7. The minimum absolute atomic E-state index is 0.172. The molecule has 0 spiro atoms. The molecule has 0 saturated carbocycles. The molecule has 0 fully saturated rings. The lowest BCUT2D eigenvalue weighted by atomic mass is 10.2. The number of ether oxygens (including phenoxy) is 1. The summed E-state index contributed by atoms with van der Waals surface area (Å²) in [5.41, 5.74) is 2.36. The number of aromatic nitrogens is 4. The van der Waals surface area contributed by atoms with E-state index in [-0.39, 0.29) is 24.1 Å². The second kappa shape index (κ2) is 11.6. The van der Waals surface area contributed by atoms with E-state index >= 15 is 0 Å². The molecule has 0 aliphatic rings. The van der Waals surface area contributed by atoms with Gasteiger partial charge >= 0.3 is 0 Å². The Balaban J connectivity index is 1.86. The molecule has 10 nitrogen and oxygen atoms in total. The predicted molar refractivity (Wildman–Crippen MR) is 129 cm³/mol. The first kappa shape index (κ1) is 24.4. The van der Waals surface area contributed by atoms with Crippen molar-refractivity contribution in [2.24, 2.45) is 0 Å². The van der Waals surface area contributed by atoms with E-state index < -0.39 is 0 Å². The molecule has 0 aliphatic carbocycles. The van der Waals surface area contributed by atoms with E-state index in [0.717, 1.165) is 18.6 Å². The summed E-state index contributed by atoms with van der Waals surface area (Å²) in [6, 6.07) is 5.35. The van der Waals surface area contributed by atoms with E-state index in [0.29, 0.717) is 41.8 Å². The van der Waals surface area contributed by atoms with Crippen molar-refractivity contribution in [3.8, 4) is 0 Å². The van der Waals surface area contributed by atoms with Crippen LogP contribution < -0.4 is 15.5 Å². The second-order valence-electron chi connectivity index (χ2n) is 7.17. The molecule has 1 aromatic carbocycles. The van der Waals surface area contributed by atoms with Gasteiger partial charge in [-0.05, 0) is 32.0 Å². The molecule has 2 amide bonds. The molecule has 2 aromatic heterocycles. The number of halogens is 1. The van der Waals surface area contributed by atoms with E-state index in [1.807, 2.05) is 29.4 Å². The van der Waals surface area contributed by atoms with Gasteiger partial charge < -0.3 is 19.5 Å². The summed E-state index contributed by atoms with van der Waals surface area (Å²) in [6.45, 7) is 6.47. The molecule has 0 unspecified atom stereocenters. The fraction of sp³-hybridized carbons (Fsp3) is 0.409. The third kappa shape index (κ3) is 5.96. The number of amides is 2. The Labute approximate surface area is 197 Å². The molecule has 3 rings (SSSR count). The van der Waals surface area contributed by atoms with Crippen LogP contribution in [0.25, 0.3) is 11.0 Å². The highest BCUT2D eigenvalue weighted by atomic mass is 35.5. The van der Waals surface area contributed by atoms with Gasteiger partial charge in [-0.25, -0.2) is 15.0 Å². The molecule has 0 saturated heterocycles. The van der Waals surface area contributed by atoms with Crippen LogP contribution in [0.1, 0.15) is 30.6 Å². The molecule has 0 bridgehead atoms. The average molecular weight is 474 g/mol. The van der Waals surface area contributed by atoms with Gasteiger partial charge in [-0.3, -0.25) is 14.9 Å². The normalized spacial score (nSPS) is 10.9.